The van der Waals surface area contributed by atoms with Crippen LogP contribution in [0.15, 0.2) is 65.3 Å². The highest BCUT2D eigenvalue weighted by molar-refractivity contribution is 8.02. The number of benzene rings is 2. The van der Waals surface area contributed by atoms with Gasteiger partial charge >= 0.3 is 0 Å². The van der Waals surface area contributed by atoms with Crippen LogP contribution in [-0.4, -0.2) is 30.0 Å². The summed E-state index contributed by atoms with van der Waals surface area (Å²) in [5, 5.41) is 2.80. The number of hydrogen-bond donors (Lipinski definition) is 1. The first-order valence-corrected chi connectivity index (χ1v) is 11.6. The highest BCUT2D eigenvalue weighted by Crippen LogP contribution is 2.55. The number of rotatable bonds is 5. The summed E-state index contributed by atoms with van der Waals surface area (Å²) in [6.45, 7) is 4.03. The lowest BCUT2D eigenvalue weighted by molar-refractivity contribution is -0.125. The molecule has 2 aliphatic heterocycles. The van der Waals surface area contributed by atoms with Gasteiger partial charge in [-0.05, 0) is 55.3 Å². The summed E-state index contributed by atoms with van der Waals surface area (Å²) in [7, 11) is 0. The molecule has 0 bridgehead atoms. The summed E-state index contributed by atoms with van der Waals surface area (Å²) in [4.78, 5) is 41.7. The molecule has 1 aromatic heterocycles. The van der Waals surface area contributed by atoms with Crippen molar-refractivity contribution in [1.29, 1.82) is 0 Å². The van der Waals surface area contributed by atoms with Gasteiger partial charge in [0.2, 0.25) is 16.7 Å². The number of hydrogen-bond acceptors (Lipinski definition) is 5. The van der Waals surface area contributed by atoms with Gasteiger partial charge in [0.05, 0.1) is 24.2 Å². The average molecular weight is 462 g/mol. The summed E-state index contributed by atoms with van der Waals surface area (Å²) in [6.07, 6.45) is 1.54. The SMILES string of the molecule is Cc1cc(C)cc(N2C(=O)CSC23C(=O)N(CC(=O)NCc2ccco2)c2ccccc23)c1. The Morgan fingerprint density at radius 2 is 1.85 bits per heavy atom. The molecule has 1 unspecified atom stereocenters. The Balaban J connectivity index is 1.51. The molecule has 168 valence electrons. The Kier molecular flexibility index (Phi) is 5.25. The number of para-hydroxylation sites is 1. The molecule has 2 aromatic carbocycles. The van der Waals surface area contributed by atoms with Gasteiger partial charge in [-0.3, -0.25) is 24.2 Å². The molecule has 7 nitrogen and oxygen atoms in total. The van der Waals surface area contributed by atoms with E-state index in [1.165, 1.54) is 16.7 Å². The van der Waals surface area contributed by atoms with Crippen molar-refractivity contribution in [3.05, 3.63) is 83.3 Å². The zero-order valence-corrected chi connectivity index (χ0v) is 19.1. The van der Waals surface area contributed by atoms with Gasteiger partial charge in [-0.1, -0.05) is 24.3 Å². The minimum absolute atomic E-state index is 0.128. The third-order valence-corrected chi connectivity index (χ3v) is 7.26. The minimum Gasteiger partial charge on any atom is -0.467 e. The van der Waals surface area contributed by atoms with E-state index in [2.05, 4.69) is 5.32 Å². The fourth-order valence-electron chi connectivity index (χ4n) is 4.59. The van der Waals surface area contributed by atoms with Crippen molar-refractivity contribution >= 4 is 40.9 Å². The topological polar surface area (TPSA) is 82.9 Å². The van der Waals surface area contributed by atoms with E-state index < -0.39 is 4.87 Å². The molecule has 8 heteroatoms. The number of aryl methyl sites for hydroxylation is 2. The molecule has 3 heterocycles. The molecule has 1 fully saturated rings. The number of fused-ring (bicyclic) bond motifs is 2. The van der Waals surface area contributed by atoms with Gasteiger partial charge in [-0.2, -0.15) is 0 Å². The van der Waals surface area contributed by atoms with Crippen molar-refractivity contribution in [1.82, 2.24) is 5.32 Å². The van der Waals surface area contributed by atoms with Crippen molar-refractivity contribution < 1.29 is 18.8 Å². The number of thioether (sulfide) groups is 1. The van der Waals surface area contributed by atoms with Crippen molar-refractivity contribution in [3.63, 3.8) is 0 Å². The number of amides is 3. The summed E-state index contributed by atoms with van der Waals surface area (Å²) in [6, 6.07) is 16.8. The molecule has 33 heavy (non-hydrogen) atoms. The molecule has 1 saturated heterocycles. The molecule has 0 saturated carbocycles. The number of nitrogens with one attached hydrogen (secondary N) is 1. The molecular formula is C25H23N3O4S. The summed E-state index contributed by atoms with van der Waals surface area (Å²) < 4.78 is 5.26. The van der Waals surface area contributed by atoms with Crippen LogP contribution in [0.1, 0.15) is 22.5 Å². The smallest absolute Gasteiger partial charge is 0.269 e. The monoisotopic (exact) mass is 461 g/mol. The van der Waals surface area contributed by atoms with Crippen molar-refractivity contribution in [2.45, 2.75) is 25.3 Å². The average Bonchev–Trinajstić information content (AvgIpc) is 3.47. The zero-order valence-electron chi connectivity index (χ0n) is 18.3. The second-order valence-electron chi connectivity index (χ2n) is 8.27. The van der Waals surface area contributed by atoms with E-state index in [4.69, 9.17) is 4.42 Å². The van der Waals surface area contributed by atoms with Gasteiger partial charge in [0.15, 0.2) is 0 Å². The molecular weight excluding hydrogens is 438 g/mol. The summed E-state index contributed by atoms with van der Waals surface area (Å²) in [5.74, 6) is 0.0971. The van der Waals surface area contributed by atoms with E-state index in [-0.39, 0.29) is 36.6 Å². The Morgan fingerprint density at radius 1 is 1.09 bits per heavy atom. The third kappa shape index (κ3) is 3.51. The fraction of sp³-hybridized carbons (Fsp3) is 0.240. The Morgan fingerprint density at radius 3 is 2.58 bits per heavy atom. The lowest BCUT2D eigenvalue weighted by atomic mass is 10.0. The standard InChI is InChI=1S/C25H23N3O4S/c1-16-10-17(2)12-18(11-16)28-23(30)15-33-25(28)20-7-3-4-8-21(20)27(24(25)31)14-22(29)26-13-19-6-5-9-32-19/h3-12H,13-15H2,1-2H3,(H,26,29). The number of anilines is 2. The van der Waals surface area contributed by atoms with Crippen LogP contribution in [0.2, 0.25) is 0 Å². The molecule has 2 aliphatic rings. The molecule has 0 radical (unpaired) electrons. The second kappa shape index (κ2) is 8.12. The molecule has 1 N–H and O–H groups in total. The van der Waals surface area contributed by atoms with Gasteiger partial charge in [0.1, 0.15) is 12.3 Å². The van der Waals surface area contributed by atoms with Crippen LogP contribution in [0, 0.1) is 13.8 Å². The molecule has 3 amide bonds. The highest BCUT2D eigenvalue weighted by Gasteiger charge is 2.61. The molecule has 3 aromatic rings. The quantitative estimate of drug-likeness (QED) is 0.629. The lowest BCUT2D eigenvalue weighted by Gasteiger charge is -2.33. The first-order valence-electron chi connectivity index (χ1n) is 10.7. The number of furan rings is 1. The van der Waals surface area contributed by atoms with Crippen molar-refractivity contribution in [2.75, 3.05) is 22.1 Å². The van der Waals surface area contributed by atoms with E-state index in [1.807, 2.05) is 56.3 Å². The first-order chi connectivity index (χ1) is 15.9. The van der Waals surface area contributed by atoms with E-state index >= 15 is 0 Å². The van der Waals surface area contributed by atoms with Crippen LogP contribution in [0.3, 0.4) is 0 Å². The molecule has 5 rings (SSSR count). The highest BCUT2D eigenvalue weighted by atomic mass is 32.2. The van der Waals surface area contributed by atoms with E-state index in [9.17, 15) is 14.4 Å². The second-order valence-corrected chi connectivity index (χ2v) is 9.44. The van der Waals surface area contributed by atoms with Gasteiger partial charge in [-0.15, -0.1) is 11.8 Å². The molecule has 1 spiro atoms. The largest absolute Gasteiger partial charge is 0.467 e. The predicted molar refractivity (Wildman–Crippen MR) is 127 cm³/mol. The fourth-order valence-corrected chi connectivity index (χ4v) is 5.95. The van der Waals surface area contributed by atoms with Gasteiger partial charge in [-0.25, -0.2) is 0 Å². The number of carbonyl (C=O) groups is 3. The van der Waals surface area contributed by atoms with Crippen LogP contribution in [0.5, 0.6) is 0 Å². The number of carbonyl (C=O) groups excluding carboxylic acids is 3. The van der Waals surface area contributed by atoms with Crippen LogP contribution < -0.4 is 15.1 Å². The Labute approximate surface area is 195 Å². The van der Waals surface area contributed by atoms with E-state index in [1.54, 1.807) is 23.3 Å². The molecule has 1 atom stereocenters. The van der Waals surface area contributed by atoms with Crippen LogP contribution in [0.4, 0.5) is 11.4 Å². The minimum atomic E-state index is -1.23. The van der Waals surface area contributed by atoms with Crippen LogP contribution in [0.25, 0.3) is 0 Å². The normalized spacial score (nSPS) is 19.5. The van der Waals surface area contributed by atoms with Gasteiger partial charge in [0.25, 0.3) is 5.91 Å². The summed E-state index contributed by atoms with van der Waals surface area (Å²) >= 11 is 1.31. The maximum Gasteiger partial charge on any atom is 0.269 e. The third-order valence-electron chi connectivity index (χ3n) is 5.87. The molecule has 0 aliphatic carbocycles. The van der Waals surface area contributed by atoms with E-state index in [0.717, 1.165) is 16.7 Å². The summed E-state index contributed by atoms with van der Waals surface area (Å²) in [5.41, 5.74) is 4.08. The zero-order chi connectivity index (χ0) is 23.2. The van der Waals surface area contributed by atoms with Crippen LogP contribution in [-0.2, 0) is 25.8 Å². The van der Waals surface area contributed by atoms with Crippen molar-refractivity contribution in [2.24, 2.45) is 0 Å². The maximum atomic E-state index is 14.0. The Bertz CT molecular complexity index is 1240. The Hall–Kier alpha value is -3.52. The number of nitrogens with zero attached hydrogens (tertiary/aromatic N) is 2. The maximum absolute atomic E-state index is 14.0. The van der Waals surface area contributed by atoms with Gasteiger partial charge in [0, 0.05) is 11.3 Å². The van der Waals surface area contributed by atoms with Crippen molar-refractivity contribution in [3.8, 4) is 0 Å². The van der Waals surface area contributed by atoms with Crippen LogP contribution >= 0.6 is 11.8 Å². The lowest BCUT2D eigenvalue weighted by Crippen LogP contribution is -2.51. The predicted octanol–water partition coefficient (Wildman–Crippen LogP) is 3.49. The van der Waals surface area contributed by atoms with Gasteiger partial charge < -0.3 is 9.73 Å². The first kappa shape index (κ1) is 21.3. The van der Waals surface area contributed by atoms with E-state index in [0.29, 0.717) is 17.1 Å².